The fourth-order valence-corrected chi connectivity index (χ4v) is 1.76. The van der Waals surface area contributed by atoms with Gasteiger partial charge in [-0.15, -0.1) is 0 Å². The fourth-order valence-electron chi connectivity index (χ4n) is 1.76. The lowest BCUT2D eigenvalue weighted by molar-refractivity contribution is 0.0635. The highest BCUT2D eigenvalue weighted by atomic mass is 16.6. The van der Waals surface area contributed by atoms with E-state index in [1.165, 1.54) is 0 Å². The Morgan fingerprint density at radius 3 is 2.81 bits per heavy atom. The van der Waals surface area contributed by atoms with E-state index in [2.05, 4.69) is 27.8 Å². The summed E-state index contributed by atoms with van der Waals surface area (Å²) < 4.78 is 10.3. The Bertz CT molecular complexity index is 440. The van der Waals surface area contributed by atoms with Crippen molar-refractivity contribution in [3.8, 4) is 0 Å². The second-order valence-corrected chi connectivity index (χ2v) is 6.09. The molecule has 1 aromatic heterocycles. The van der Waals surface area contributed by atoms with Crippen molar-refractivity contribution in [3.63, 3.8) is 0 Å². The smallest absolute Gasteiger partial charge is 0.413 e. The standard InChI is InChI=1S/C14H26N4O3/c1-10(9-20-5)6-15-7-11-8-16-18-12(11)17-13(19)21-14(2,3)4/h8,10,15H,6-7,9H2,1-5H3,(H2,16,17,18,19). The van der Waals surface area contributed by atoms with Gasteiger partial charge in [0.2, 0.25) is 0 Å². The zero-order chi connectivity index (χ0) is 15.9. The Morgan fingerprint density at radius 2 is 2.19 bits per heavy atom. The molecule has 0 aliphatic rings. The topological polar surface area (TPSA) is 88.3 Å². The van der Waals surface area contributed by atoms with Gasteiger partial charge in [0, 0.05) is 32.4 Å². The predicted octanol–water partition coefficient (Wildman–Crippen LogP) is 2.13. The highest BCUT2D eigenvalue weighted by Gasteiger charge is 2.17. The van der Waals surface area contributed by atoms with Crippen molar-refractivity contribution in [2.75, 3.05) is 25.6 Å². The average molecular weight is 298 g/mol. The van der Waals surface area contributed by atoms with Crippen LogP contribution in [-0.2, 0) is 16.0 Å². The third-order valence-electron chi connectivity index (χ3n) is 2.60. The average Bonchev–Trinajstić information content (AvgIpc) is 2.74. The molecule has 1 heterocycles. The van der Waals surface area contributed by atoms with Gasteiger partial charge < -0.3 is 14.8 Å². The normalized spacial score (nSPS) is 13.0. The van der Waals surface area contributed by atoms with Crippen LogP contribution in [0.5, 0.6) is 0 Å². The first-order valence-corrected chi connectivity index (χ1v) is 7.03. The minimum atomic E-state index is -0.530. The molecule has 1 amide bonds. The molecule has 0 aromatic carbocycles. The summed E-state index contributed by atoms with van der Waals surface area (Å²) in [6.07, 6.45) is 1.18. The highest BCUT2D eigenvalue weighted by Crippen LogP contribution is 2.13. The van der Waals surface area contributed by atoms with E-state index in [0.717, 1.165) is 12.1 Å². The molecule has 21 heavy (non-hydrogen) atoms. The molecule has 0 saturated heterocycles. The summed E-state index contributed by atoms with van der Waals surface area (Å²) in [5.41, 5.74) is 0.350. The van der Waals surface area contributed by atoms with Crippen LogP contribution >= 0.6 is 0 Å². The number of anilines is 1. The minimum Gasteiger partial charge on any atom is -0.444 e. The molecule has 0 saturated carbocycles. The molecular formula is C14H26N4O3. The van der Waals surface area contributed by atoms with E-state index in [0.29, 0.717) is 24.9 Å². The maximum absolute atomic E-state index is 11.7. The van der Waals surface area contributed by atoms with Crippen LogP contribution in [0.1, 0.15) is 33.3 Å². The first kappa shape index (κ1) is 17.5. The number of hydrogen-bond donors (Lipinski definition) is 3. The number of amides is 1. The molecule has 7 heteroatoms. The third-order valence-corrected chi connectivity index (χ3v) is 2.60. The van der Waals surface area contributed by atoms with Crippen molar-refractivity contribution in [1.82, 2.24) is 15.5 Å². The van der Waals surface area contributed by atoms with Gasteiger partial charge in [0.25, 0.3) is 0 Å². The quantitative estimate of drug-likeness (QED) is 0.717. The van der Waals surface area contributed by atoms with Gasteiger partial charge in [0.05, 0.1) is 6.20 Å². The third kappa shape index (κ3) is 7.10. The number of ether oxygens (including phenoxy) is 2. The van der Waals surface area contributed by atoms with Crippen molar-refractivity contribution in [2.24, 2.45) is 5.92 Å². The summed E-state index contributed by atoms with van der Waals surface area (Å²) in [7, 11) is 1.69. The lowest BCUT2D eigenvalue weighted by atomic mass is 10.2. The number of rotatable bonds is 7. The van der Waals surface area contributed by atoms with Crippen LogP contribution < -0.4 is 10.6 Å². The lowest BCUT2D eigenvalue weighted by Gasteiger charge is -2.19. The van der Waals surface area contributed by atoms with E-state index >= 15 is 0 Å². The maximum Gasteiger partial charge on any atom is 0.413 e. The van der Waals surface area contributed by atoms with Crippen LogP contribution in [0.25, 0.3) is 0 Å². The number of hydrogen-bond acceptors (Lipinski definition) is 5. The predicted molar refractivity (Wildman–Crippen MR) is 81.2 cm³/mol. The zero-order valence-corrected chi connectivity index (χ0v) is 13.4. The van der Waals surface area contributed by atoms with Gasteiger partial charge in [0.15, 0.2) is 0 Å². The van der Waals surface area contributed by atoms with Crippen LogP contribution in [0.4, 0.5) is 10.6 Å². The van der Waals surface area contributed by atoms with Crippen molar-refractivity contribution < 1.29 is 14.3 Å². The van der Waals surface area contributed by atoms with Crippen LogP contribution in [0.3, 0.4) is 0 Å². The molecular weight excluding hydrogens is 272 g/mol. The number of carbonyl (C=O) groups excluding carboxylic acids is 1. The molecule has 7 nitrogen and oxygen atoms in total. The van der Waals surface area contributed by atoms with Crippen molar-refractivity contribution >= 4 is 11.9 Å². The SMILES string of the molecule is COCC(C)CNCc1cn[nH]c1NC(=O)OC(C)(C)C. The molecule has 0 aliphatic heterocycles. The van der Waals surface area contributed by atoms with Crippen LogP contribution in [0, 0.1) is 5.92 Å². The first-order valence-electron chi connectivity index (χ1n) is 7.03. The number of aromatic amines is 1. The van der Waals surface area contributed by atoms with Gasteiger partial charge >= 0.3 is 6.09 Å². The van der Waals surface area contributed by atoms with Gasteiger partial charge in [-0.05, 0) is 26.7 Å². The number of nitrogens with one attached hydrogen (secondary N) is 3. The lowest BCUT2D eigenvalue weighted by Crippen LogP contribution is -2.28. The minimum absolute atomic E-state index is 0.421. The van der Waals surface area contributed by atoms with Crippen molar-refractivity contribution in [3.05, 3.63) is 11.8 Å². The highest BCUT2D eigenvalue weighted by molar-refractivity contribution is 5.84. The molecule has 3 N–H and O–H groups in total. The first-order chi connectivity index (χ1) is 9.81. The number of nitrogens with zero attached hydrogens (tertiary/aromatic N) is 1. The summed E-state index contributed by atoms with van der Waals surface area (Å²) in [4.78, 5) is 11.7. The van der Waals surface area contributed by atoms with Crippen molar-refractivity contribution in [2.45, 2.75) is 39.8 Å². The molecule has 1 unspecified atom stereocenters. The van der Waals surface area contributed by atoms with Crippen LogP contribution in [0.2, 0.25) is 0 Å². The molecule has 0 radical (unpaired) electrons. The van der Waals surface area contributed by atoms with Crippen molar-refractivity contribution in [1.29, 1.82) is 0 Å². The Hall–Kier alpha value is -1.60. The number of carbonyl (C=O) groups is 1. The van der Waals surface area contributed by atoms with E-state index in [1.807, 2.05) is 20.8 Å². The van der Waals surface area contributed by atoms with Gasteiger partial charge in [-0.3, -0.25) is 10.4 Å². The Morgan fingerprint density at radius 1 is 1.48 bits per heavy atom. The van der Waals surface area contributed by atoms with E-state index < -0.39 is 11.7 Å². The summed E-state index contributed by atoms with van der Waals surface area (Å²) in [6.45, 7) is 9.70. The Labute approximate surface area is 125 Å². The molecule has 1 rings (SSSR count). The summed E-state index contributed by atoms with van der Waals surface area (Å²) >= 11 is 0. The van der Waals surface area contributed by atoms with Gasteiger partial charge in [-0.2, -0.15) is 5.10 Å². The summed E-state index contributed by atoms with van der Waals surface area (Å²) in [6, 6.07) is 0. The fraction of sp³-hybridized carbons (Fsp3) is 0.714. The largest absolute Gasteiger partial charge is 0.444 e. The van der Waals surface area contributed by atoms with Gasteiger partial charge in [-0.25, -0.2) is 4.79 Å². The second kappa shape index (κ2) is 7.99. The Balaban J connectivity index is 2.44. The van der Waals surface area contributed by atoms with Crippen LogP contribution in [-0.4, -0.2) is 42.2 Å². The van der Waals surface area contributed by atoms with Crippen LogP contribution in [0.15, 0.2) is 6.20 Å². The van der Waals surface area contributed by atoms with E-state index in [-0.39, 0.29) is 0 Å². The number of H-pyrrole nitrogens is 1. The molecule has 0 spiro atoms. The number of methoxy groups -OCH3 is 1. The summed E-state index contributed by atoms with van der Waals surface area (Å²) in [5.74, 6) is 0.973. The monoisotopic (exact) mass is 298 g/mol. The van der Waals surface area contributed by atoms with E-state index in [9.17, 15) is 4.79 Å². The zero-order valence-electron chi connectivity index (χ0n) is 13.4. The summed E-state index contributed by atoms with van der Waals surface area (Å²) in [5, 5.41) is 12.7. The maximum atomic E-state index is 11.7. The molecule has 0 bridgehead atoms. The molecule has 1 atom stereocenters. The van der Waals surface area contributed by atoms with Gasteiger partial charge in [-0.1, -0.05) is 6.92 Å². The molecule has 0 fully saturated rings. The molecule has 1 aromatic rings. The number of aromatic nitrogens is 2. The van der Waals surface area contributed by atoms with Gasteiger partial charge in [0.1, 0.15) is 11.4 Å². The second-order valence-electron chi connectivity index (χ2n) is 6.09. The van der Waals surface area contributed by atoms with E-state index in [4.69, 9.17) is 9.47 Å². The Kier molecular flexibility index (Phi) is 6.64. The molecule has 0 aliphatic carbocycles. The van der Waals surface area contributed by atoms with E-state index in [1.54, 1.807) is 13.3 Å². The molecule has 120 valence electrons.